The van der Waals surface area contributed by atoms with Crippen LogP contribution in [0, 0.1) is 0 Å². The van der Waals surface area contributed by atoms with E-state index in [9.17, 15) is 9.59 Å². The summed E-state index contributed by atoms with van der Waals surface area (Å²) in [5.74, 6) is -0.312. The molecule has 1 aliphatic heterocycles. The lowest BCUT2D eigenvalue weighted by Crippen LogP contribution is -2.27. The smallest absolute Gasteiger partial charge is 0.298 e. The van der Waals surface area contributed by atoms with Crippen LogP contribution in [0.3, 0.4) is 0 Å². The molecule has 0 spiro atoms. The van der Waals surface area contributed by atoms with E-state index in [0.29, 0.717) is 27.2 Å². The lowest BCUT2D eigenvalue weighted by Gasteiger charge is -2.11. The Hall–Kier alpha value is -2.99. The third-order valence-electron chi connectivity index (χ3n) is 5.25. The van der Waals surface area contributed by atoms with Crippen molar-refractivity contribution in [3.8, 4) is 0 Å². The molecular weight excluding hydrogens is 463 g/mol. The van der Waals surface area contributed by atoms with E-state index >= 15 is 0 Å². The molecule has 0 bridgehead atoms. The number of thioether (sulfide) groups is 1. The van der Waals surface area contributed by atoms with Crippen molar-refractivity contribution in [3.05, 3.63) is 105 Å². The lowest BCUT2D eigenvalue weighted by atomic mass is 10.1. The van der Waals surface area contributed by atoms with Crippen LogP contribution in [0.1, 0.15) is 11.1 Å². The molecule has 1 fully saturated rings. The molecule has 0 aliphatic carbocycles. The van der Waals surface area contributed by atoms with Gasteiger partial charge in [0, 0.05) is 29.2 Å². The summed E-state index contributed by atoms with van der Waals surface area (Å²) in [7, 11) is 0. The number of nitrogens with zero attached hydrogens (tertiary/aromatic N) is 2. The number of hydrogen-bond acceptors (Lipinski definition) is 3. The monoisotopic (exact) mass is 478 g/mol. The number of benzene rings is 3. The summed E-state index contributed by atoms with van der Waals surface area (Å²) in [6.45, 7) is 0.594. The summed E-state index contributed by atoms with van der Waals surface area (Å²) in [5, 5.41) is 1.73. The minimum absolute atomic E-state index is 0.299. The van der Waals surface area contributed by atoms with E-state index in [2.05, 4.69) is 4.57 Å². The predicted molar refractivity (Wildman–Crippen MR) is 132 cm³/mol. The van der Waals surface area contributed by atoms with Crippen LogP contribution < -0.4 is 4.90 Å². The fourth-order valence-corrected chi connectivity index (χ4v) is 4.92. The van der Waals surface area contributed by atoms with E-state index in [1.54, 1.807) is 36.4 Å². The van der Waals surface area contributed by atoms with Gasteiger partial charge in [-0.2, -0.15) is 0 Å². The number of anilines is 1. The molecule has 0 radical (unpaired) electrons. The SMILES string of the molecule is O=C1S/C(=C\c2cn(Cc3ccc(Cl)c(Cl)c3)c3ccccc23)C(=O)N1c1ccccc1. The lowest BCUT2D eigenvalue weighted by molar-refractivity contribution is -0.113. The quantitative estimate of drug-likeness (QED) is 0.290. The van der Waals surface area contributed by atoms with Crippen LogP contribution in [-0.4, -0.2) is 15.7 Å². The first-order valence-electron chi connectivity index (χ1n) is 9.86. The second-order valence-electron chi connectivity index (χ2n) is 7.33. The Labute approximate surface area is 199 Å². The minimum Gasteiger partial charge on any atom is -0.342 e. The molecule has 2 amide bonds. The maximum absolute atomic E-state index is 13.0. The molecule has 1 aliphatic rings. The zero-order valence-electron chi connectivity index (χ0n) is 16.7. The number of carbonyl (C=O) groups is 2. The Bertz CT molecular complexity index is 1400. The number of imide groups is 1. The van der Waals surface area contributed by atoms with Gasteiger partial charge in [-0.1, -0.05) is 65.7 Å². The average Bonchev–Trinajstić information content (AvgIpc) is 3.28. The Morgan fingerprint density at radius 3 is 2.41 bits per heavy atom. The van der Waals surface area contributed by atoms with Gasteiger partial charge in [0.05, 0.1) is 20.6 Å². The van der Waals surface area contributed by atoms with Crippen molar-refractivity contribution in [1.82, 2.24) is 4.57 Å². The van der Waals surface area contributed by atoms with Crippen molar-refractivity contribution < 1.29 is 9.59 Å². The van der Waals surface area contributed by atoms with Crippen LogP contribution in [0.4, 0.5) is 10.5 Å². The Balaban J connectivity index is 1.52. The second-order valence-corrected chi connectivity index (χ2v) is 9.14. The van der Waals surface area contributed by atoms with Gasteiger partial charge < -0.3 is 4.57 Å². The average molecular weight is 479 g/mol. The number of aromatic nitrogens is 1. The first-order chi connectivity index (χ1) is 15.5. The van der Waals surface area contributed by atoms with Gasteiger partial charge in [-0.05, 0) is 53.7 Å². The third-order valence-corrected chi connectivity index (χ3v) is 6.86. The number of fused-ring (bicyclic) bond motifs is 1. The highest BCUT2D eigenvalue weighted by atomic mass is 35.5. The van der Waals surface area contributed by atoms with Gasteiger partial charge in [0.25, 0.3) is 11.1 Å². The van der Waals surface area contributed by atoms with Crippen molar-refractivity contribution in [3.63, 3.8) is 0 Å². The number of para-hydroxylation sites is 2. The van der Waals surface area contributed by atoms with E-state index in [4.69, 9.17) is 23.2 Å². The first kappa shape index (κ1) is 20.9. The van der Waals surface area contributed by atoms with E-state index in [1.165, 1.54) is 4.90 Å². The number of carbonyl (C=O) groups excluding carboxylic acids is 2. The van der Waals surface area contributed by atoms with Crippen LogP contribution >= 0.6 is 35.0 Å². The topological polar surface area (TPSA) is 42.3 Å². The molecular formula is C25H16Cl2N2O2S. The highest BCUT2D eigenvalue weighted by Gasteiger charge is 2.36. The molecule has 5 rings (SSSR count). The molecule has 1 saturated heterocycles. The molecule has 4 aromatic rings. The molecule has 2 heterocycles. The predicted octanol–water partition coefficient (Wildman–Crippen LogP) is 7.24. The number of rotatable bonds is 4. The molecule has 0 atom stereocenters. The maximum atomic E-state index is 13.0. The van der Waals surface area contributed by atoms with Gasteiger partial charge >= 0.3 is 0 Å². The van der Waals surface area contributed by atoms with Crippen LogP contribution in [0.25, 0.3) is 17.0 Å². The largest absolute Gasteiger partial charge is 0.342 e. The van der Waals surface area contributed by atoms with Crippen LogP contribution in [-0.2, 0) is 11.3 Å². The van der Waals surface area contributed by atoms with Crippen LogP contribution in [0.15, 0.2) is 83.9 Å². The van der Waals surface area contributed by atoms with E-state index < -0.39 is 0 Å². The third kappa shape index (κ3) is 3.84. The van der Waals surface area contributed by atoms with Gasteiger partial charge in [-0.25, -0.2) is 4.90 Å². The molecule has 32 heavy (non-hydrogen) atoms. The van der Waals surface area contributed by atoms with E-state index in [0.717, 1.165) is 33.8 Å². The molecule has 7 heteroatoms. The summed E-state index contributed by atoms with van der Waals surface area (Å²) in [6.07, 6.45) is 3.78. The second kappa shape index (κ2) is 8.51. The van der Waals surface area contributed by atoms with Gasteiger partial charge in [0.15, 0.2) is 0 Å². The summed E-state index contributed by atoms with van der Waals surface area (Å²) >= 11 is 13.2. The fraction of sp³-hybridized carbons (Fsp3) is 0.0400. The van der Waals surface area contributed by atoms with E-state index in [-0.39, 0.29) is 11.1 Å². The highest BCUT2D eigenvalue weighted by molar-refractivity contribution is 8.19. The van der Waals surface area contributed by atoms with Gasteiger partial charge in [-0.3, -0.25) is 9.59 Å². The maximum Gasteiger partial charge on any atom is 0.298 e. The molecule has 0 N–H and O–H groups in total. The standard InChI is InChI=1S/C25H16Cl2N2O2S/c26-20-11-10-16(12-21(20)27)14-28-15-17(19-8-4-5-9-22(19)28)13-23-24(30)29(25(31)32-23)18-6-2-1-3-7-18/h1-13,15H,14H2/b23-13-. The molecule has 3 aromatic carbocycles. The number of halogens is 2. The van der Waals surface area contributed by atoms with Crippen molar-refractivity contribution >= 4 is 68.8 Å². The van der Waals surface area contributed by atoms with Crippen molar-refractivity contribution in [1.29, 1.82) is 0 Å². The summed E-state index contributed by atoms with van der Waals surface area (Å²) < 4.78 is 2.10. The zero-order valence-corrected chi connectivity index (χ0v) is 19.0. The van der Waals surface area contributed by atoms with Gasteiger partial charge in [-0.15, -0.1) is 0 Å². The molecule has 4 nitrogen and oxygen atoms in total. The van der Waals surface area contributed by atoms with Crippen molar-refractivity contribution in [2.45, 2.75) is 6.54 Å². The van der Waals surface area contributed by atoms with Crippen molar-refractivity contribution in [2.75, 3.05) is 4.90 Å². The van der Waals surface area contributed by atoms with Crippen molar-refractivity contribution in [2.24, 2.45) is 0 Å². The fourth-order valence-electron chi connectivity index (χ4n) is 3.76. The number of amides is 2. The normalized spacial score (nSPS) is 15.3. The van der Waals surface area contributed by atoms with E-state index in [1.807, 2.05) is 48.7 Å². The summed E-state index contributed by atoms with van der Waals surface area (Å²) in [5.41, 5.74) is 3.47. The Morgan fingerprint density at radius 2 is 1.62 bits per heavy atom. The highest BCUT2D eigenvalue weighted by Crippen LogP contribution is 2.37. The van der Waals surface area contributed by atoms with Crippen LogP contribution in [0.2, 0.25) is 10.0 Å². The molecule has 0 saturated carbocycles. The Morgan fingerprint density at radius 1 is 0.875 bits per heavy atom. The van der Waals surface area contributed by atoms with Gasteiger partial charge in [0.1, 0.15) is 0 Å². The molecule has 1 aromatic heterocycles. The summed E-state index contributed by atoms with van der Waals surface area (Å²) in [4.78, 5) is 27.2. The summed E-state index contributed by atoms with van der Waals surface area (Å²) in [6, 6.07) is 22.5. The Kier molecular flexibility index (Phi) is 5.55. The molecule has 158 valence electrons. The number of hydrogen-bond donors (Lipinski definition) is 0. The van der Waals surface area contributed by atoms with Crippen LogP contribution in [0.5, 0.6) is 0 Å². The minimum atomic E-state index is -0.312. The van der Waals surface area contributed by atoms with Gasteiger partial charge in [0.2, 0.25) is 0 Å². The zero-order chi connectivity index (χ0) is 22.2. The first-order valence-corrected chi connectivity index (χ1v) is 11.4. The molecule has 0 unspecified atom stereocenters.